The number of aliphatic hydroxyl groups excluding tert-OH is 1. The molecule has 1 heterocycles. The Hall–Kier alpha value is -3.47. The van der Waals surface area contributed by atoms with E-state index in [0.29, 0.717) is 25.3 Å². The van der Waals surface area contributed by atoms with Gasteiger partial charge in [0.05, 0.1) is 17.0 Å². The lowest BCUT2D eigenvalue weighted by Gasteiger charge is -2.26. The van der Waals surface area contributed by atoms with E-state index in [1.807, 2.05) is 91.0 Å². The molecule has 3 atom stereocenters. The average molecular weight is 602 g/mol. The van der Waals surface area contributed by atoms with Crippen LogP contribution in [0.5, 0.6) is 0 Å². The zero-order valence-electron chi connectivity index (χ0n) is 23.2. The van der Waals surface area contributed by atoms with Crippen molar-refractivity contribution in [1.82, 2.24) is 14.9 Å². The number of thioether (sulfide) groups is 1. The van der Waals surface area contributed by atoms with E-state index >= 15 is 0 Å². The molecule has 2 unspecified atom stereocenters. The van der Waals surface area contributed by atoms with Gasteiger partial charge >= 0.3 is 0 Å². The molecule has 1 aliphatic heterocycles. The molecule has 0 spiro atoms. The number of nitrogens with one attached hydrogen (secondary N) is 2. The summed E-state index contributed by atoms with van der Waals surface area (Å²) in [5.74, 6) is 0.203. The molecule has 7 nitrogen and oxygen atoms in total. The third-order valence-electron chi connectivity index (χ3n) is 7.29. The summed E-state index contributed by atoms with van der Waals surface area (Å²) in [7, 11) is -3.88. The third kappa shape index (κ3) is 7.29. The predicted octanol–water partition coefficient (Wildman–Crippen LogP) is 4.99. The van der Waals surface area contributed by atoms with E-state index in [-0.39, 0.29) is 23.4 Å². The molecule has 4 aromatic carbocycles. The third-order valence-corrected chi connectivity index (χ3v) is 10.5. The van der Waals surface area contributed by atoms with Crippen LogP contribution in [0.4, 0.5) is 0 Å². The summed E-state index contributed by atoms with van der Waals surface area (Å²) in [4.78, 5) is 13.8. The van der Waals surface area contributed by atoms with Gasteiger partial charge in [-0.05, 0) is 47.4 Å². The number of hydrogen-bond donors (Lipinski definition) is 3. The van der Waals surface area contributed by atoms with Gasteiger partial charge in [-0.1, -0.05) is 103 Å². The molecule has 0 radical (unpaired) electrons. The summed E-state index contributed by atoms with van der Waals surface area (Å²) in [6.07, 6.45) is -0.0612. The fraction of sp³-hybridized carbons (Fsp3) is 0.242. The first-order chi connectivity index (χ1) is 20.4. The number of hydrogen-bond acceptors (Lipinski definition) is 6. The largest absolute Gasteiger partial charge is 0.387 e. The fourth-order valence-electron chi connectivity index (χ4n) is 5.02. The Bertz CT molecular complexity index is 1540. The zero-order chi connectivity index (χ0) is 29.4. The van der Waals surface area contributed by atoms with Crippen LogP contribution in [0.2, 0.25) is 0 Å². The number of aliphatic hydroxyl groups is 1. The second-order valence-corrected chi connectivity index (χ2v) is 13.2. The van der Waals surface area contributed by atoms with Crippen LogP contribution in [-0.4, -0.2) is 54.5 Å². The monoisotopic (exact) mass is 601 g/mol. The van der Waals surface area contributed by atoms with Gasteiger partial charge in [0.15, 0.2) is 0 Å². The van der Waals surface area contributed by atoms with E-state index in [1.54, 1.807) is 24.3 Å². The van der Waals surface area contributed by atoms with Crippen molar-refractivity contribution < 1.29 is 18.3 Å². The Labute approximate surface area is 252 Å². The highest BCUT2D eigenvalue weighted by atomic mass is 32.2. The minimum absolute atomic E-state index is 0.170. The van der Waals surface area contributed by atoms with Crippen LogP contribution < -0.4 is 10.6 Å². The Balaban J connectivity index is 1.24. The van der Waals surface area contributed by atoms with Crippen molar-refractivity contribution in [2.45, 2.75) is 28.8 Å². The number of nitrogens with zero attached hydrogens (tertiary/aromatic N) is 1. The SMILES string of the molecule is O=C(NC(CCNC[C@H](O)c1ccccc1)c1ccccc1)C1SCCN1S(=O)(=O)c1ccc(-c2ccccc2)cc1. The van der Waals surface area contributed by atoms with Crippen LogP contribution in [0.15, 0.2) is 120 Å². The predicted molar refractivity (Wildman–Crippen MR) is 168 cm³/mol. The number of carbonyl (C=O) groups is 1. The maximum Gasteiger partial charge on any atom is 0.249 e. The number of rotatable bonds is 12. The second kappa shape index (κ2) is 14.1. The van der Waals surface area contributed by atoms with Crippen LogP contribution >= 0.6 is 11.8 Å². The van der Waals surface area contributed by atoms with Crippen molar-refractivity contribution in [2.75, 3.05) is 25.4 Å². The van der Waals surface area contributed by atoms with Crippen LogP contribution in [0.3, 0.4) is 0 Å². The van der Waals surface area contributed by atoms with Gasteiger partial charge in [-0.2, -0.15) is 4.31 Å². The fourth-order valence-corrected chi connectivity index (χ4v) is 8.11. The molecule has 1 amide bonds. The van der Waals surface area contributed by atoms with E-state index in [1.165, 1.54) is 16.1 Å². The lowest BCUT2D eigenvalue weighted by molar-refractivity contribution is -0.122. The van der Waals surface area contributed by atoms with Crippen LogP contribution in [-0.2, 0) is 14.8 Å². The molecular weight excluding hydrogens is 567 g/mol. The lowest BCUT2D eigenvalue weighted by Crippen LogP contribution is -2.46. The maximum absolute atomic E-state index is 13.6. The zero-order valence-corrected chi connectivity index (χ0v) is 24.8. The number of amides is 1. The molecule has 5 rings (SSSR count). The van der Waals surface area contributed by atoms with E-state index in [4.69, 9.17) is 0 Å². The molecule has 0 saturated carbocycles. The van der Waals surface area contributed by atoms with Gasteiger partial charge in [0.1, 0.15) is 5.37 Å². The lowest BCUT2D eigenvalue weighted by atomic mass is 10.0. The van der Waals surface area contributed by atoms with E-state index in [9.17, 15) is 18.3 Å². The molecule has 0 aliphatic carbocycles. The van der Waals surface area contributed by atoms with Crippen molar-refractivity contribution in [1.29, 1.82) is 0 Å². The molecule has 42 heavy (non-hydrogen) atoms. The molecule has 0 bridgehead atoms. The van der Waals surface area contributed by atoms with Gasteiger partial charge in [-0.25, -0.2) is 8.42 Å². The Morgan fingerprint density at radius 3 is 2.05 bits per heavy atom. The average Bonchev–Trinajstić information content (AvgIpc) is 3.55. The van der Waals surface area contributed by atoms with Crippen molar-refractivity contribution >= 4 is 27.7 Å². The molecule has 9 heteroatoms. The Kier molecular flexibility index (Phi) is 10.1. The smallest absolute Gasteiger partial charge is 0.249 e. The second-order valence-electron chi connectivity index (χ2n) is 10.1. The van der Waals surface area contributed by atoms with E-state index < -0.39 is 21.5 Å². The highest BCUT2D eigenvalue weighted by Gasteiger charge is 2.40. The van der Waals surface area contributed by atoms with Gasteiger partial charge in [0, 0.05) is 18.8 Å². The van der Waals surface area contributed by atoms with Gasteiger partial charge < -0.3 is 15.7 Å². The highest BCUT2D eigenvalue weighted by Crippen LogP contribution is 2.32. The maximum atomic E-state index is 13.6. The molecule has 4 aromatic rings. The van der Waals surface area contributed by atoms with E-state index in [2.05, 4.69) is 10.6 Å². The minimum atomic E-state index is -3.88. The number of benzene rings is 4. The van der Waals surface area contributed by atoms with Crippen molar-refractivity contribution in [3.63, 3.8) is 0 Å². The summed E-state index contributed by atoms with van der Waals surface area (Å²) >= 11 is 1.33. The van der Waals surface area contributed by atoms with Crippen LogP contribution in [0.1, 0.15) is 29.7 Å². The molecule has 218 valence electrons. The van der Waals surface area contributed by atoms with Gasteiger partial charge in [0.2, 0.25) is 15.9 Å². The molecule has 1 aliphatic rings. The van der Waals surface area contributed by atoms with Gasteiger partial charge in [-0.3, -0.25) is 4.79 Å². The number of carbonyl (C=O) groups excluding carboxylic acids is 1. The molecular formula is C33H35N3O4S2. The standard InChI is InChI=1S/C33H35N3O4S2/c37-31(28-14-8-3-9-15-28)24-34-21-20-30(27-12-6-2-7-13-27)35-32(38)33-36(22-23-41-33)42(39,40)29-18-16-26(17-19-29)25-10-4-1-5-11-25/h1-19,30-31,33-34,37H,20-24H2,(H,35,38)/t30?,31-,33?/m0/s1. The summed E-state index contributed by atoms with van der Waals surface area (Å²) in [6.45, 7) is 1.20. The van der Waals surface area contributed by atoms with Gasteiger partial charge in [0.25, 0.3) is 0 Å². The summed E-state index contributed by atoms with van der Waals surface area (Å²) < 4.78 is 28.6. The quantitative estimate of drug-likeness (QED) is 0.198. The van der Waals surface area contributed by atoms with Crippen LogP contribution in [0.25, 0.3) is 11.1 Å². The van der Waals surface area contributed by atoms with E-state index in [0.717, 1.165) is 22.3 Å². The Morgan fingerprint density at radius 2 is 1.40 bits per heavy atom. The van der Waals surface area contributed by atoms with Gasteiger partial charge in [-0.15, -0.1) is 11.8 Å². The first-order valence-corrected chi connectivity index (χ1v) is 16.5. The highest BCUT2D eigenvalue weighted by molar-refractivity contribution is 8.02. The summed E-state index contributed by atoms with van der Waals surface area (Å²) in [5.41, 5.74) is 3.71. The first-order valence-electron chi connectivity index (χ1n) is 14.0. The summed E-state index contributed by atoms with van der Waals surface area (Å²) in [5, 5.41) is 16.0. The topological polar surface area (TPSA) is 98.7 Å². The van der Waals surface area contributed by atoms with Crippen molar-refractivity contribution in [3.8, 4) is 11.1 Å². The summed E-state index contributed by atoms with van der Waals surface area (Å²) in [6, 6.07) is 35.4. The molecule has 1 fully saturated rings. The molecule has 3 N–H and O–H groups in total. The normalized spacial score (nSPS) is 17.0. The Morgan fingerprint density at radius 1 is 0.833 bits per heavy atom. The number of sulfonamides is 1. The van der Waals surface area contributed by atoms with Crippen molar-refractivity contribution in [3.05, 3.63) is 126 Å². The van der Waals surface area contributed by atoms with Crippen LogP contribution in [0, 0.1) is 0 Å². The first kappa shape index (κ1) is 30.0. The molecule has 1 saturated heterocycles. The minimum Gasteiger partial charge on any atom is -0.387 e. The van der Waals surface area contributed by atoms with Crippen molar-refractivity contribution in [2.24, 2.45) is 0 Å². The molecule has 0 aromatic heterocycles.